The zero-order valence-corrected chi connectivity index (χ0v) is 14.6. The van der Waals surface area contributed by atoms with Crippen molar-refractivity contribution in [2.24, 2.45) is 11.1 Å². The lowest BCUT2D eigenvalue weighted by molar-refractivity contribution is -0.146. The van der Waals surface area contributed by atoms with E-state index < -0.39 is 12.0 Å². The quantitative estimate of drug-likeness (QED) is 0.784. The summed E-state index contributed by atoms with van der Waals surface area (Å²) >= 11 is 0. The highest BCUT2D eigenvalue weighted by atomic mass is 16.5. The van der Waals surface area contributed by atoms with E-state index >= 15 is 0 Å². The SMILES string of the molecule is CC1(C)CCCC(NC(=O)[C@@H](N)CC(=O)OCc2ccccc2)C1. The molecule has 1 unspecified atom stereocenters. The Balaban J connectivity index is 1.73. The molecule has 132 valence electrons. The second-order valence-electron chi connectivity index (χ2n) is 7.42. The van der Waals surface area contributed by atoms with Gasteiger partial charge in [0.05, 0.1) is 12.5 Å². The van der Waals surface area contributed by atoms with Crippen LogP contribution in [-0.4, -0.2) is 24.0 Å². The molecule has 1 amide bonds. The van der Waals surface area contributed by atoms with Gasteiger partial charge in [-0.15, -0.1) is 0 Å². The summed E-state index contributed by atoms with van der Waals surface area (Å²) in [5, 5.41) is 2.98. The predicted octanol–water partition coefficient (Wildman–Crippen LogP) is 2.53. The van der Waals surface area contributed by atoms with Crippen LogP contribution in [0.3, 0.4) is 0 Å². The highest BCUT2D eigenvalue weighted by Crippen LogP contribution is 2.35. The number of nitrogens with two attached hydrogens (primary N) is 1. The average molecular weight is 332 g/mol. The highest BCUT2D eigenvalue weighted by Gasteiger charge is 2.30. The molecule has 1 aromatic rings. The average Bonchev–Trinajstić information content (AvgIpc) is 2.53. The number of hydrogen-bond donors (Lipinski definition) is 2. The molecule has 1 aromatic carbocycles. The first-order valence-corrected chi connectivity index (χ1v) is 8.61. The van der Waals surface area contributed by atoms with Gasteiger partial charge in [-0.3, -0.25) is 9.59 Å². The molecular formula is C19H28N2O3. The molecule has 0 radical (unpaired) electrons. The van der Waals surface area contributed by atoms with Crippen molar-refractivity contribution in [3.8, 4) is 0 Å². The van der Waals surface area contributed by atoms with E-state index in [9.17, 15) is 9.59 Å². The molecule has 0 heterocycles. The number of rotatable bonds is 6. The van der Waals surface area contributed by atoms with Gasteiger partial charge in [0.1, 0.15) is 6.61 Å². The lowest BCUT2D eigenvalue weighted by Gasteiger charge is -2.35. The smallest absolute Gasteiger partial charge is 0.308 e. The van der Waals surface area contributed by atoms with E-state index in [1.165, 1.54) is 6.42 Å². The van der Waals surface area contributed by atoms with Gasteiger partial charge in [-0.1, -0.05) is 50.6 Å². The third-order valence-corrected chi connectivity index (χ3v) is 4.52. The molecule has 0 aromatic heterocycles. The number of ether oxygens (including phenoxy) is 1. The number of amides is 1. The van der Waals surface area contributed by atoms with Crippen LogP contribution >= 0.6 is 0 Å². The predicted molar refractivity (Wildman–Crippen MR) is 93.0 cm³/mol. The molecule has 1 fully saturated rings. The van der Waals surface area contributed by atoms with Crippen molar-refractivity contribution in [1.82, 2.24) is 5.32 Å². The molecule has 3 N–H and O–H groups in total. The monoisotopic (exact) mass is 332 g/mol. The van der Waals surface area contributed by atoms with E-state index in [-0.39, 0.29) is 30.4 Å². The molecule has 2 rings (SSSR count). The van der Waals surface area contributed by atoms with E-state index in [0.29, 0.717) is 0 Å². The number of nitrogens with one attached hydrogen (secondary N) is 1. The Morgan fingerprint density at radius 1 is 1.33 bits per heavy atom. The molecular weight excluding hydrogens is 304 g/mol. The van der Waals surface area contributed by atoms with Crippen molar-refractivity contribution in [2.75, 3.05) is 0 Å². The Labute approximate surface area is 143 Å². The van der Waals surface area contributed by atoms with Crippen LogP contribution in [0.5, 0.6) is 0 Å². The van der Waals surface area contributed by atoms with Gasteiger partial charge in [0, 0.05) is 6.04 Å². The lowest BCUT2D eigenvalue weighted by Crippen LogP contribution is -2.48. The van der Waals surface area contributed by atoms with Crippen molar-refractivity contribution in [3.05, 3.63) is 35.9 Å². The molecule has 1 aliphatic carbocycles. The van der Waals surface area contributed by atoms with Crippen molar-refractivity contribution >= 4 is 11.9 Å². The molecule has 0 saturated heterocycles. The number of hydrogen-bond acceptors (Lipinski definition) is 4. The van der Waals surface area contributed by atoms with Crippen molar-refractivity contribution < 1.29 is 14.3 Å². The summed E-state index contributed by atoms with van der Waals surface area (Å²) in [6.07, 6.45) is 4.10. The van der Waals surface area contributed by atoms with Gasteiger partial charge in [-0.25, -0.2) is 0 Å². The van der Waals surface area contributed by atoms with Crippen LogP contribution in [0.25, 0.3) is 0 Å². The lowest BCUT2D eigenvalue weighted by atomic mass is 9.75. The Morgan fingerprint density at radius 3 is 2.71 bits per heavy atom. The topological polar surface area (TPSA) is 81.4 Å². The third kappa shape index (κ3) is 5.96. The van der Waals surface area contributed by atoms with E-state index in [1.807, 2.05) is 30.3 Å². The maximum Gasteiger partial charge on any atom is 0.308 e. The summed E-state index contributed by atoms with van der Waals surface area (Å²) in [6.45, 7) is 4.63. The molecule has 0 bridgehead atoms. The minimum atomic E-state index is -0.863. The minimum absolute atomic E-state index is 0.102. The minimum Gasteiger partial charge on any atom is -0.461 e. The summed E-state index contributed by atoms with van der Waals surface area (Å²) in [4.78, 5) is 24.0. The fourth-order valence-corrected chi connectivity index (χ4v) is 3.20. The summed E-state index contributed by atoms with van der Waals surface area (Å²) in [5.41, 5.74) is 7.01. The number of carbonyl (C=O) groups is 2. The standard InChI is InChI=1S/C19H28N2O3/c1-19(2)10-6-9-15(12-19)21-18(23)16(20)11-17(22)24-13-14-7-4-3-5-8-14/h3-5,7-8,15-16H,6,9-13,20H2,1-2H3,(H,21,23)/t15?,16-/m0/s1. The van der Waals surface area contributed by atoms with Crippen LogP contribution in [0.1, 0.15) is 51.5 Å². The van der Waals surface area contributed by atoms with Gasteiger partial charge < -0.3 is 15.8 Å². The summed E-state index contributed by atoms with van der Waals surface area (Å²) in [5.74, 6) is -0.722. The molecule has 1 aliphatic rings. The molecule has 5 heteroatoms. The number of esters is 1. The van der Waals surface area contributed by atoms with Gasteiger partial charge in [0.15, 0.2) is 0 Å². The van der Waals surface area contributed by atoms with E-state index in [2.05, 4.69) is 19.2 Å². The van der Waals surface area contributed by atoms with Crippen LogP contribution in [0.4, 0.5) is 0 Å². The molecule has 0 spiro atoms. The summed E-state index contributed by atoms with van der Waals surface area (Å²) in [7, 11) is 0. The number of carbonyl (C=O) groups excluding carboxylic acids is 2. The van der Waals surface area contributed by atoms with E-state index in [0.717, 1.165) is 24.8 Å². The van der Waals surface area contributed by atoms with Gasteiger partial charge in [0.2, 0.25) is 5.91 Å². The van der Waals surface area contributed by atoms with Gasteiger partial charge in [0.25, 0.3) is 0 Å². The maximum absolute atomic E-state index is 12.2. The highest BCUT2D eigenvalue weighted by molar-refractivity contribution is 5.86. The second kappa shape index (κ2) is 8.29. The van der Waals surface area contributed by atoms with Crippen molar-refractivity contribution in [2.45, 2.75) is 64.6 Å². The molecule has 1 saturated carbocycles. The van der Waals surface area contributed by atoms with E-state index in [4.69, 9.17) is 10.5 Å². The summed E-state index contributed by atoms with van der Waals surface area (Å²) < 4.78 is 5.17. The first-order chi connectivity index (χ1) is 11.4. The fraction of sp³-hybridized carbons (Fsp3) is 0.579. The maximum atomic E-state index is 12.2. The second-order valence-corrected chi connectivity index (χ2v) is 7.42. The van der Waals surface area contributed by atoms with Crippen molar-refractivity contribution in [3.63, 3.8) is 0 Å². The van der Waals surface area contributed by atoms with Crippen LogP contribution in [0, 0.1) is 5.41 Å². The third-order valence-electron chi connectivity index (χ3n) is 4.52. The molecule has 0 aliphatic heterocycles. The van der Waals surface area contributed by atoms with Crippen molar-refractivity contribution in [1.29, 1.82) is 0 Å². The van der Waals surface area contributed by atoms with Gasteiger partial charge >= 0.3 is 5.97 Å². The van der Waals surface area contributed by atoms with Crippen LogP contribution in [0.2, 0.25) is 0 Å². The van der Waals surface area contributed by atoms with Gasteiger partial charge in [-0.2, -0.15) is 0 Å². The van der Waals surface area contributed by atoms with Gasteiger partial charge in [-0.05, 0) is 30.2 Å². The molecule has 2 atom stereocenters. The first kappa shape index (κ1) is 18.5. The van der Waals surface area contributed by atoms with E-state index in [1.54, 1.807) is 0 Å². The Morgan fingerprint density at radius 2 is 2.04 bits per heavy atom. The van der Waals surface area contributed by atoms with Crippen LogP contribution in [-0.2, 0) is 20.9 Å². The fourth-order valence-electron chi connectivity index (χ4n) is 3.20. The number of benzene rings is 1. The zero-order valence-electron chi connectivity index (χ0n) is 14.6. The molecule has 24 heavy (non-hydrogen) atoms. The Kier molecular flexibility index (Phi) is 6.37. The largest absolute Gasteiger partial charge is 0.461 e. The zero-order chi connectivity index (χ0) is 17.6. The molecule has 5 nitrogen and oxygen atoms in total. The van der Waals surface area contributed by atoms with Crippen LogP contribution in [0.15, 0.2) is 30.3 Å². The summed E-state index contributed by atoms with van der Waals surface area (Å²) in [6, 6.07) is 8.71. The normalized spacial score (nSPS) is 20.9. The Bertz CT molecular complexity index is 557. The first-order valence-electron chi connectivity index (χ1n) is 8.61. The van der Waals surface area contributed by atoms with Crippen LogP contribution < -0.4 is 11.1 Å². The Hall–Kier alpha value is -1.88.